The Balaban J connectivity index is 1.97. The Kier molecular flexibility index (Phi) is 5.03. The second-order valence-electron chi connectivity index (χ2n) is 8.12. The number of fused-ring (bicyclic) bond motifs is 4. The lowest BCUT2D eigenvalue weighted by Crippen LogP contribution is -2.76. The van der Waals surface area contributed by atoms with Crippen LogP contribution in [0.5, 0.6) is 0 Å². The van der Waals surface area contributed by atoms with Gasteiger partial charge in [0.15, 0.2) is 17.3 Å². The number of alkyl halides is 3. The zero-order valence-corrected chi connectivity index (χ0v) is 17.0. The van der Waals surface area contributed by atoms with E-state index < -0.39 is 72.3 Å². The molecule has 12 heteroatoms. The van der Waals surface area contributed by atoms with E-state index in [1.54, 1.807) is 0 Å². The fraction of sp³-hybridized carbons (Fsp3) is 0.500. The number of ketones is 1. The predicted octanol–water partition coefficient (Wildman–Crippen LogP) is 1.85. The van der Waals surface area contributed by atoms with Crippen molar-refractivity contribution in [1.82, 2.24) is 10.6 Å². The number of imide groups is 2. The van der Waals surface area contributed by atoms with E-state index in [4.69, 9.17) is 4.74 Å². The van der Waals surface area contributed by atoms with Crippen LogP contribution in [0.1, 0.15) is 36.2 Å². The third kappa shape index (κ3) is 3.15. The van der Waals surface area contributed by atoms with Crippen LogP contribution in [0.15, 0.2) is 12.1 Å². The molecule has 3 atom stereocenters. The molecule has 0 saturated carbocycles. The largest absolute Gasteiger partial charge is 0.416 e. The third-order valence-corrected chi connectivity index (χ3v) is 6.23. The van der Waals surface area contributed by atoms with E-state index in [2.05, 4.69) is 0 Å². The average Bonchev–Trinajstić information content (AvgIpc) is 2.69. The summed E-state index contributed by atoms with van der Waals surface area (Å²) in [5.74, 6) is -3.49. The van der Waals surface area contributed by atoms with Gasteiger partial charge in [-0.15, -0.1) is 0 Å². The maximum atomic E-state index is 15.2. The van der Waals surface area contributed by atoms with Gasteiger partial charge >= 0.3 is 12.2 Å². The summed E-state index contributed by atoms with van der Waals surface area (Å²) in [6, 6.07) is -0.206. The number of anilines is 1. The number of urea groups is 1. The molecule has 3 heterocycles. The van der Waals surface area contributed by atoms with Crippen molar-refractivity contribution in [2.75, 3.05) is 11.4 Å². The molecule has 3 aliphatic heterocycles. The van der Waals surface area contributed by atoms with Crippen LogP contribution >= 0.6 is 0 Å². The second kappa shape index (κ2) is 7.26. The first kappa shape index (κ1) is 22.2. The minimum Gasteiger partial charge on any atom is -0.361 e. The molecule has 8 nitrogen and oxygen atoms in total. The molecule has 2 saturated heterocycles. The Labute approximate surface area is 179 Å². The molecule has 2 N–H and O–H groups in total. The predicted molar refractivity (Wildman–Crippen MR) is 100 cm³/mol. The van der Waals surface area contributed by atoms with E-state index in [9.17, 15) is 32.3 Å². The normalized spacial score (nSPS) is 26.9. The highest BCUT2D eigenvalue weighted by molar-refractivity contribution is 6.20. The smallest absolute Gasteiger partial charge is 0.361 e. The monoisotopic (exact) mass is 457 g/mol. The molecule has 3 aliphatic rings. The molecule has 4 amide bonds. The molecule has 2 fully saturated rings. The molecular weight excluding hydrogens is 438 g/mol. The lowest BCUT2D eigenvalue weighted by atomic mass is 9.66. The van der Waals surface area contributed by atoms with Crippen molar-refractivity contribution in [2.45, 2.75) is 51.1 Å². The first-order valence-corrected chi connectivity index (χ1v) is 9.89. The van der Waals surface area contributed by atoms with Crippen molar-refractivity contribution in [1.29, 1.82) is 0 Å². The topological polar surface area (TPSA) is 105 Å². The molecule has 4 rings (SSSR count). The summed E-state index contributed by atoms with van der Waals surface area (Å²) in [5, 5.41) is 3.99. The Hall–Kier alpha value is -3.02. The van der Waals surface area contributed by atoms with Crippen molar-refractivity contribution in [3.63, 3.8) is 0 Å². The minimum atomic E-state index is -4.79. The molecule has 172 valence electrons. The Morgan fingerprint density at radius 2 is 1.84 bits per heavy atom. The highest BCUT2D eigenvalue weighted by Crippen LogP contribution is 2.49. The van der Waals surface area contributed by atoms with Gasteiger partial charge in [0.2, 0.25) is 11.8 Å². The number of morpholine rings is 1. The number of rotatable bonds is 2. The number of nitrogens with one attached hydrogen (secondary N) is 2. The van der Waals surface area contributed by atoms with Crippen LogP contribution in [0.4, 0.5) is 28.0 Å². The number of nitrogens with zero attached hydrogens (tertiary/aromatic N) is 1. The van der Waals surface area contributed by atoms with Crippen molar-refractivity contribution < 1.29 is 41.5 Å². The maximum absolute atomic E-state index is 15.2. The zero-order chi connectivity index (χ0) is 23.6. The van der Waals surface area contributed by atoms with E-state index in [0.29, 0.717) is 0 Å². The van der Waals surface area contributed by atoms with Gasteiger partial charge in [-0.1, -0.05) is 6.92 Å². The van der Waals surface area contributed by atoms with Crippen molar-refractivity contribution in [2.24, 2.45) is 5.41 Å². The minimum absolute atomic E-state index is 0.0174. The highest BCUT2D eigenvalue weighted by Gasteiger charge is 2.65. The Morgan fingerprint density at radius 3 is 2.38 bits per heavy atom. The fourth-order valence-electron chi connectivity index (χ4n) is 4.85. The standard InChI is InChI=1S/C20H19F4N3O5/c1-3-12-15-19(16(29)25-18(31)26-17(19)30)6-10-4-9(8(2)28)5-11(21)14(10)27(15)7-13(32-12)20(22,23)24/h4-5,12-13,15H,3,6-7H2,1-2H3,(H2,25,26,29,30,31)/t12-,13-,15+/m0/s1. The molecule has 0 unspecified atom stereocenters. The number of hydrogen-bond donors (Lipinski definition) is 2. The summed E-state index contributed by atoms with van der Waals surface area (Å²) in [7, 11) is 0. The lowest BCUT2D eigenvalue weighted by Gasteiger charge is -2.56. The summed E-state index contributed by atoms with van der Waals surface area (Å²) in [6.07, 6.45) is -8.81. The van der Waals surface area contributed by atoms with Crippen LogP contribution in [-0.4, -0.2) is 54.6 Å². The van der Waals surface area contributed by atoms with Crippen LogP contribution in [-0.2, 0) is 20.7 Å². The second-order valence-corrected chi connectivity index (χ2v) is 8.12. The molecule has 0 aliphatic carbocycles. The van der Waals surface area contributed by atoms with Crippen LogP contribution < -0.4 is 15.5 Å². The van der Waals surface area contributed by atoms with Crippen LogP contribution in [0.3, 0.4) is 0 Å². The van der Waals surface area contributed by atoms with E-state index in [1.807, 2.05) is 10.6 Å². The number of hydrogen-bond acceptors (Lipinski definition) is 6. The number of ether oxygens (including phenoxy) is 1. The van der Waals surface area contributed by atoms with E-state index in [1.165, 1.54) is 19.9 Å². The summed E-state index contributed by atoms with van der Waals surface area (Å²) >= 11 is 0. The van der Waals surface area contributed by atoms with Gasteiger partial charge in [0.1, 0.15) is 5.82 Å². The molecule has 1 aromatic rings. The number of carbonyl (C=O) groups is 4. The van der Waals surface area contributed by atoms with Gasteiger partial charge in [-0.3, -0.25) is 25.0 Å². The lowest BCUT2D eigenvalue weighted by molar-refractivity contribution is -0.245. The van der Waals surface area contributed by atoms with Crippen LogP contribution in [0, 0.1) is 11.2 Å². The van der Waals surface area contributed by atoms with Gasteiger partial charge in [-0.25, -0.2) is 9.18 Å². The maximum Gasteiger partial charge on any atom is 0.416 e. The van der Waals surface area contributed by atoms with Crippen molar-refractivity contribution in [3.05, 3.63) is 29.1 Å². The van der Waals surface area contributed by atoms with Gasteiger partial charge in [0.05, 0.1) is 24.4 Å². The molecular formula is C20H19F4N3O5. The molecule has 0 bridgehead atoms. The molecule has 1 aromatic carbocycles. The quantitative estimate of drug-likeness (QED) is 0.399. The first-order valence-electron chi connectivity index (χ1n) is 9.89. The first-order chi connectivity index (χ1) is 14.9. The third-order valence-electron chi connectivity index (χ3n) is 6.23. The van der Waals surface area contributed by atoms with Gasteiger partial charge in [0, 0.05) is 12.0 Å². The number of carbonyl (C=O) groups excluding carboxylic acids is 4. The molecule has 0 aromatic heterocycles. The van der Waals surface area contributed by atoms with Gasteiger partial charge in [-0.2, -0.15) is 13.2 Å². The average molecular weight is 457 g/mol. The number of Topliss-reactive ketones (excluding diaryl/α,β-unsaturated/α-hetero) is 1. The van der Waals surface area contributed by atoms with Gasteiger partial charge in [0.25, 0.3) is 0 Å². The highest BCUT2D eigenvalue weighted by atomic mass is 19.4. The van der Waals surface area contributed by atoms with Crippen molar-refractivity contribution >= 4 is 29.3 Å². The van der Waals surface area contributed by atoms with Gasteiger partial charge in [-0.05, 0) is 31.0 Å². The van der Waals surface area contributed by atoms with Crippen LogP contribution in [0.25, 0.3) is 0 Å². The van der Waals surface area contributed by atoms with E-state index >= 15 is 4.39 Å². The zero-order valence-electron chi connectivity index (χ0n) is 17.0. The molecule has 1 spiro atoms. The van der Waals surface area contributed by atoms with Crippen molar-refractivity contribution in [3.8, 4) is 0 Å². The van der Waals surface area contributed by atoms with Gasteiger partial charge < -0.3 is 9.64 Å². The van der Waals surface area contributed by atoms with Crippen LogP contribution in [0.2, 0.25) is 0 Å². The summed E-state index contributed by atoms with van der Waals surface area (Å²) < 4.78 is 61.2. The summed E-state index contributed by atoms with van der Waals surface area (Å²) in [4.78, 5) is 50.6. The Bertz CT molecular complexity index is 1020. The number of benzene rings is 1. The Morgan fingerprint density at radius 1 is 1.22 bits per heavy atom. The molecule has 0 radical (unpaired) electrons. The van der Waals surface area contributed by atoms with E-state index in [0.717, 1.165) is 11.0 Å². The van der Waals surface area contributed by atoms with E-state index in [-0.39, 0.29) is 23.2 Å². The SMILES string of the molecule is CC[C@@H]1O[C@H](C(F)(F)F)CN2c3c(F)cc(C(C)=O)cc3CC3(C(=O)NC(=O)NC3=O)[C@@H]12. The fourth-order valence-corrected chi connectivity index (χ4v) is 4.85. The number of barbiturate groups is 1. The molecule has 32 heavy (non-hydrogen) atoms. The summed E-state index contributed by atoms with van der Waals surface area (Å²) in [6.45, 7) is 1.83. The number of amides is 4. The summed E-state index contributed by atoms with van der Waals surface area (Å²) in [5.41, 5.74) is -2.34. The number of halogens is 4.